The van der Waals surface area contributed by atoms with E-state index in [2.05, 4.69) is 24.0 Å². The molecule has 1 rings (SSSR count). The highest BCUT2D eigenvalue weighted by Crippen LogP contribution is 1.79. The van der Waals surface area contributed by atoms with Crippen LogP contribution < -0.4 is 9.67 Å². The monoisotopic (exact) mass is 188 g/mol. The van der Waals surface area contributed by atoms with E-state index in [1.165, 1.54) is 0 Å². The molecule has 0 atom stereocenters. The first-order valence-corrected chi connectivity index (χ1v) is 3.87. The van der Waals surface area contributed by atoms with Crippen LogP contribution in [0.4, 0.5) is 4.39 Å². The van der Waals surface area contributed by atoms with Crippen LogP contribution in [0.3, 0.4) is 0 Å². The third-order valence-corrected chi connectivity index (χ3v) is 1.30. The number of halogens is 1. The van der Waals surface area contributed by atoms with E-state index in [9.17, 15) is 4.39 Å². The molecule has 4 nitrogen and oxygen atoms in total. The van der Waals surface area contributed by atoms with Gasteiger partial charge in [-0.3, -0.25) is 0 Å². The lowest BCUT2D eigenvalue weighted by atomic mass is 10.7. The lowest BCUT2D eigenvalue weighted by Crippen LogP contribution is -2.23. The summed E-state index contributed by atoms with van der Waals surface area (Å²) in [5, 5.41) is 8.88. The van der Waals surface area contributed by atoms with Crippen molar-refractivity contribution in [2.24, 2.45) is 7.05 Å². The van der Waals surface area contributed by atoms with Gasteiger partial charge in [0.2, 0.25) is 6.33 Å². The molecule has 0 N–H and O–H groups in total. The quantitative estimate of drug-likeness (QED) is 0.561. The van der Waals surface area contributed by atoms with Crippen molar-refractivity contribution < 1.29 is 18.9 Å². The highest BCUT2D eigenvalue weighted by atomic mass is 19.1. The fourth-order valence-corrected chi connectivity index (χ4v) is 0.689. The molecule has 0 aromatic carbocycles. The van der Waals surface area contributed by atoms with Gasteiger partial charge >= 0.3 is 0 Å². The number of aromatic nitrogens is 2. The Morgan fingerprint density at radius 2 is 2.23 bits per heavy atom. The van der Waals surface area contributed by atoms with Gasteiger partial charge in [0.1, 0.15) is 19.1 Å². The Hall–Kier alpha value is -1.39. The molecular formula is C8H13FN2O2. The second-order valence-corrected chi connectivity index (χ2v) is 2.42. The van der Waals surface area contributed by atoms with E-state index < -0.39 is 12.6 Å². The number of carbonyl (C=O) groups excluding carboxylic acids is 1. The first-order chi connectivity index (χ1) is 6.10. The molecule has 13 heavy (non-hydrogen) atoms. The van der Waals surface area contributed by atoms with Gasteiger partial charge in [-0.2, -0.15) is 0 Å². The van der Waals surface area contributed by atoms with Crippen LogP contribution in [-0.2, 0) is 18.4 Å². The van der Waals surface area contributed by atoms with Crippen molar-refractivity contribution in [3.8, 4) is 0 Å². The molecule has 5 heteroatoms. The summed E-state index contributed by atoms with van der Waals surface area (Å²) in [6.07, 6.45) is 6.14. The Balaban J connectivity index is 0.000000252. The molecule has 0 aliphatic rings. The SMILES string of the molecule is CCn1cc[n+](C)c1.O=C([O-])CF. The summed E-state index contributed by atoms with van der Waals surface area (Å²) in [5.41, 5.74) is 0. The van der Waals surface area contributed by atoms with Gasteiger partial charge in [-0.05, 0) is 6.92 Å². The minimum Gasteiger partial charge on any atom is -0.547 e. The summed E-state index contributed by atoms with van der Waals surface area (Å²) >= 11 is 0. The molecule has 0 unspecified atom stereocenters. The Morgan fingerprint density at radius 1 is 1.69 bits per heavy atom. The lowest BCUT2D eigenvalue weighted by Gasteiger charge is -1.84. The zero-order valence-corrected chi connectivity index (χ0v) is 7.74. The Kier molecular flexibility index (Phi) is 5.50. The second kappa shape index (κ2) is 6.16. The van der Waals surface area contributed by atoms with Crippen LogP contribution in [0.1, 0.15) is 6.92 Å². The van der Waals surface area contributed by atoms with E-state index >= 15 is 0 Å². The van der Waals surface area contributed by atoms with E-state index in [0.717, 1.165) is 6.54 Å². The molecule has 0 aliphatic carbocycles. The average molecular weight is 188 g/mol. The van der Waals surface area contributed by atoms with Crippen molar-refractivity contribution in [1.29, 1.82) is 0 Å². The molecule has 0 spiro atoms. The Bertz CT molecular complexity index is 260. The highest BCUT2D eigenvalue weighted by Gasteiger charge is 1.92. The Labute approximate surface area is 76.2 Å². The largest absolute Gasteiger partial charge is 0.547 e. The number of aryl methyl sites for hydroxylation is 2. The summed E-state index contributed by atoms with van der Waals surface area (Å²) in [6, 6.07) is 0. The maximum absolute atomic E-state index is 10.5. The van der Waals surface area contributed by atoms with E-state index in [1.807, 2.05) is 17.8 Å². The molecule has 0 saturated heterocycles. The molecule has 0 aliphatic heterocycles. The molecule has 1 aromatic rings. The average Bonchev–Trinajstić information content (AvgIpc) is 2.52. The number of hydrogen-bond donors (Lipinski definition) is 0. The van der Waals surface area contributed by atoms with Gasteiger partial charge in [-0.1, -0.05) is 0 Å². The summed E-state index contributed by atoms with van der Waals surface area (Å²) < 4.78 is 14.6. The predicted molar refractivity (Wildman–Crippen MR) is 42.3 cm³/mol. The number of carbonyl (C=O) groups is 1. The van der Waals surface area contributed by atoms with Gasteiger partial charge in [-0.25, -0.2) is 13.5 Å². The first-order valence-electron chi connectivity index (χ1n) is 3.87. The van der Waals surface area contributed by atoms with Gasteiger partial charge in [0.25, 0.3) is 0 Å². The fourth-order valence-electron chi connectivity index (χ4n) is 0.689. The first kappa shape index (κ1) is 11.6. The van der Waals surface area contributed by atoms with Crippen molar-refractivity contribution in [1.82, 2.24) is 4.57 Å². The van der Waals surface area contributed by atoms with Crippen molar-refractivity contribution in [3.05, 3.63) is 18.7 Å². The smallest absolute Gasteiger partial charge is 0.243 e. The molecule has 1 heterocycles. The maximum atomic E-state index is 10.5. The van der Waals surface area contributed by atoms with Crippen LogP contribution in [0.5, 0.6) is 0 Å². The van der Waals surface area contributed by atoms with Gasteiger partial charge in [0.05, 0.1) is 19.6 Å². The van der Waals surface area contributed by atoms with Crippen molar-refractivity contribution >= 4 is 5.97 Å². The van der Waals surface area contributed by atoms with Crippen LogP contribution in [0.15, 0.2) is 18.7 Å². The fraction of sp³-hybridized carbons (Fsp3) is 0.500. The zero-order valence-electron chi connectivity index (χ0n) is 7.74. The van der Waals surface area contributed by atoms with Crippen LogP contribution in [0.2, 0.25) is 0 Å². The van der Waals surface area contributed by atoms with Gasteiger partial charge in [0.15, 0.2) is 0 Å². The summed E-state index contributed by atoms with van der Waals surface area (Å²) in [4.78, 5) is 8.88. The van der Waals surface area contributed by atoms with Crippen molar-refractivity contribution in [2.45, 2.75) is 13.5 Å². The summed E-state index contributed by atoms with van der Waals surface area (Å²) in [5.74, 6) is -1.66. The van der Waals surface area contributed by atoms with Gasteiger partial charge in [0, 0.05) is 0 Å². The maximum Gasteiger partial charge on any atom is 0.243 e. The lowest BCUT2D eigenvalue weighted by molar-refractivity contribution is -0.671. The highest BCUT2D eigenvalue weighted by molar-refractivity contribution is 5.65. The minimum atomic E-state index is -1.66. The van der Waals surface area contributed by atoms with Crippen molar-refractivity contribution in [3.63, 3.8) is 0 Å². The molecule has 0 bridgehead atoms. The number of imidazole rings is 1. The number of rotatable bonds is 2. The zero-order chi connectivity index (χ0) is 10.3. The summed E-state index contributed by atoms with van der Waals surface area (Å²) in [6.45, 7) is 1.79. The molecular weight excluding hydrogens is 175 g/mol. The predicted octanol–water partition coefficient (Wildman–Crippen LogP) is -0.962. The number of hydrogen-bond acceptors (Lipinski definition) is 2. The van der Waals surface area contributed by atoms with E-state index in [1.54, 1.807) is 0 Å². The molecule has 0 amide bonds. The number of carboxylic acids is 1. The number of nitrogens with zero attached hydrogens (tertiary/aromatic N) is 2. The minimum absolute atomic E-state index is 1.06. The van der Waals surface area contributed by atoms with Crippen LogP contribution in [-0.4, -0.2) is 17.2 Å². The van der Waals surface area contributed by atoms with Gasteiger partial charge in [-0.15, -0.1) is 0 Å². The molecule has 0 saturated carbocycles. The van der Waals surface area contributed by atoms with E-state index in [4.69, 9.17) is 9.90 Å². The summed E-state index contributed by atoms with van der Waals surface area (Å²) in [7, 11) is 2.02. The van der Waals surface area contributed by atoms with E-state index in [0.29, 0.717) is 0 Å². The normalized spacial score (nSPS) is 8.85. The molecule has 0 fully saturated rings. The van der Waals surface area contributed by atoms with Crippen molar-refractivity contribution in [2.75, 3.05) is 6.67 Å². The van der Waals surface area contributed by atoms with Crippen LogP contribution in [0.25, 0.3) is 0 Å². The third-order valence-electron chi connectivity index (χ3n) is 1.30. The molecule has 74 valence electrons. The second-order valence-electron chi connectivity index (χ2n) is 2.42. The van der Waals surface area contributed by atoms with Crippen LogP contribution >= 0.6 is 0 Å². The van der Waals surface area contributed by atoms with E-state index in [-0.39, 0.29) is 0 Å². The number of carboxylic acid groups (broad SMARTS) is 1. The topological polar surface area (TPSA) is 48.9 Å². The van der Waals surface area contributed by atoms with Crippen LogP contribution in [0, 0.1) is 0 Å². The molecule has 1 aromatic heterocycles. The Morgan fingerprint density at radius 3 is 2.38 bits per heavy atom. The standard InChI is InChI=1S/C6H11N2.C2H3FO2/c1-3-8-5-4-7(2)6-8;3-1-2(4)5/h4-6H,3H2,1-2H3;1H2,(H,4,5)/q+1;/p-1. The van der Waals surface area contributed by atoms with Gasteiger partial charge < -0.3 is 9.90 Å². The third kappa shape index (κ3) is 5.84. The number of alkyl halides is 1. The number of aliphatic carboxylic acids is 1. The molecule has 0 radical (unpaired) electrons.